The maximum Gasteiger partial charge on any atom is 0.322 e. The predicted molar refractivity (Wildman–Crippen MR) is 67.8 cm³/mol. The number of hydrogen-bond acceptors (Lipinski definition) is 4. The molecule has 1 amide bonds. The van der Waals surface area contributed by atoms with Crippen molar-refractivity contribution in [1.82, 2.24) is 10.2 Å². The number of halogens is 1. The summed E-state index contributed by atoms with van der Waals surface area (Å²) in [5, 5.41) is 11.7. The molecule has 20 heavy (non-hydrogen) atoms. The van der Waals surface area contributed by atoms with E-state index in [-0.39, 0.29) is 25.5 Å². The average molecular weight is 282 g/mol. The van der Waals surface area contributed by atoms with Crippen LogP contribution in [0, 0.1) is 5.82 Å². The number of hydrogen-bond donors (Lipinski definition) is 2. The monoisotopic (exact) mass is 282 g/mol. The van der Waals surface area contributed by atoms with Crippen molar-refractivity contribution in [2.45, 2.75) is 12.6 Å². The number of benzene rings is 1. The first-order valence-corrected chi connectivity index (χ1v) is 6.07. The molecule has 1 aromatic rings. The number of carboxylic acids is 1. The number of rotatable bonds is 4. The summed E-state index contributed by atoms with van der Waals surface area (Å²) < 4.78 is 18.4. The van der Waals surface area contributed by atoms with Crippen LogP contribution in [0.25, 0.3) is 0 Å². The van der Waals surface area contributed by atoms with E-state index in [0.717, 1.165) is 0 Å². The average Bonchev–Trinajstić information content (AvgIpc) is 2.38. The number of nitrogens with zero attached hydrogens (tertiary/aromatic N) is 1. The second-order valence-electron chi connectivity index (χ2n) is 4.52. The van der Waals surface area contributed by atoms with Gasteiger partial charge in [0.15, 0.2) is 0 Å². The minimum atomic E-state index is -1.03. The first kappa shape index (κ1) is 14.3. The van der Waals surface area contributed by atoms with E-state index in [0.29, 0.717) is 11.3 Å². The van der Waals surface area contributed by atoms with E-state index in [1.54, 1.807) is 0 Å². The van der Waals surface area contributed by atoms with Gasteiger partial charge in [-0.05, 0) is 18.2 Å². The number of ether oxygens (including phenoxy) is 1. The molecule has 1 aromatic carbocycles. The molecule has 0 spiro atoms. The van der Waals surface area contributed by atoms with Crippen molar-refractivity contribution in [3.05, 3.63) is 29.6 Å². The molecule has 0 aromatic heterocycles. The normalized spacial score (nSPS) is 19.5. The summed E-state index contributed by atoms with van der Waals surface area (Å²) in [6, 6.07) is 3.19. The highest BCUT2D eigenvalue weighted by Gasteiger charge is 2.32. The number of amides is 1. The zero-order valence-electron chi connectivity index (χ0n) is 10.9. The SMILES string of the molecule is COc1ccc(F)cc1CN1CC(=O)NCC1C(=O)O. The van der Waals surface area contributed by atoms with Crippen LogP contribution < -0.4 is 10.1 Å². The number of nitrogens with one attached hydrogen (secondary N) is 1. The highest BCUT2D eigenvalue weighted by Crippen LogP contribution is 2.22. The first-order valence-electron chi connectivity index (χ1n) is 6.07. The minimum Gasteiger partial charge on any atom is -0.496 e. The summed E-state index contributed by atoms with van der Waals surface area (Å²) in [7, 11) is 1.45. The Balaban J connectivity index is 2.23. The molecule has 1 aliphatic rings. The number of carboxylic acid groups (broad SMARTS) is 1. The molecule has 1 saturated heterocycles. The fourth-order valence-electron chi connectivity index (χ4n) is 2.19. The molecule has 6 nitrogen and oxygen atoms in total. The second-order valence-corrected chi connectivity index (χ2v) is 4.52. The lowest BCUT2D eigenvalue weighted by atomic mass is 10.1. The number of methoxy groups -OCH3 is 1. The molecule has 1 unspecified atom stereocenters. The molecule has 0 radical (unpaired) electrons. The molecular formula is C13H15FN2O4. The molecule has 0 aliphatic carbocycles. The van der Waals surface area contributed by atoms with Crippen LogP contribution in [0.5, 0.6) is 5.75 Å². The molecule has 7 heteroatoms. The molecule has 0 saturated carbocycles. The van der Waals surface area contributed by atoms with Gasteiger partial charge in [-0.15, -0.1) is 0 Å². The van der Waals surface area contributed by atoms with Gasteiger partial charge in [-0.3, -0.25) is 14.5 Å². The van der Waals surface area contributed by atoms with Crippen LogP contribution in [0.15, 0.2) is 18.2 Å². The van der Waals surface area contributed by atoms with Crippen molar-refractivity contribution in [3.8, 4) is 5.75 Å². The number of carbonyl (C=O) groups is 2. The van der Waals surface area contributed by atoms with E-state index >= 15 is 0 Å². The third kappa shape index (κ3) is 3.05. The highest BCUT2D eigenvalue weighted by molar-refractivity contribution is 5.83. The Hall–Kier alpha value is -2.15. The van der Waals surface area contributed by atoms with Gasteiger partial charge in [0.05, 0.1) is 13.7 Å². The van der Waals surface area contributed by atoms with Gasteiger partial charge in [0.25, 0.3) is 0 Å². The van der Waals surface area contributed by atoms with Crippen molar-refractivity contribution < 1.29 is 23.8 Å². The quantitative estimate of drug-likeness (QED) is 0.826. The van der Waals surface area contributed by atoms with E-state index in [4.69, 9.17) is 9.84 Å². The Morgan fingerprint density at radius 1 is 1.60 bits per heavy atom. The molecule has 108 valence electrons. The highest BCUT2D eigenvalue weighted by atomic mass is 19.1. The maximum absolute atomic E-state index is 13.3. The maximum atomic E-state index is 13.3. The number of aliphatic carboxylic acids is 1. The topological polar surface area (TPSA) is 78.9 Å². The first-order chi connectivity index (χ1) is 9.51. The number of piperazine rings is 1. The minimum absolute atomic E-state index is 0.0335. The summed E-state index contributed by atoms with van der Waals surface area (Å²) in [6.07, 6.45) is 0. The molecule has 2 N–H and O–H groups in total. The molecule has 2 rings (SSSR count). The Labute approximate surface area is 115 Å². The van der Waals surface area contributed by atoms with Crippen molar-refractivity contribution in [2.75, 3.05) is 20.2 Å². The lowest BCUT2D eigenvalue weighted by molar-refractivity contribution is -0.146. The van der Waals surface area contributed by atoms with Gasteiger partial charge in [-0.2, -0.15) is 0 Å². The Kier molecular flexibility index (Phi) is 4.19. The predicted octanol–water partition coefficient (Wildman–Crippen LogP) is 0.219. The van der Waals surface area contributed by atoms with E-state index in [2.05, 4.69) is 5.32 Å². The van der Waals surface area contributed by atoms with Crippen LogP contribution >= 0.6 is 0 Å². The van der Waals surface area contributed by atoms with E-state index in [9.17, 15) is 14.0 Å². The van der Waals surface area contributed by atoms with Gasteiger partial charge in [-0.1, -0.05) is 0 Å². The van der Waals surface area contributed by atoms with E-state index in [1.807, 2.05) is 0 Å². The van der Waals surface area contributed by atoms with Gasteiger partial charge in [0, 0.05) is 18.7 Å². The van der Waals surface area contributed by atoms with Crippen molar-refractivity contribution in [2.24, 2.45) is 0 Å². The standard InChI is InChI=1S/C13H15FN2O4/c1-20-11-3-2-9(14)4-8(11)6-16-7-12(17)15-5-10(16)13(18)19/h2-4,10H,5-7H2,1H3,(H,15,17)(H,18,19). The summed E-state index contributed by atoms with van der Waals surface area (Å²) in [5.74, 6) is -1.26. The molecule has 1 heterocycles. The van der Waals surface area contributed by atoms with Crippen molar-refractivity contribution >= 4 is 11.9 Å². The lowest BCUT2D eigenvalue weighted by Gasteiger charge is -2.32. The summed E-state index contributed by atoms with van der Waals surface area (Å²) in [5.41, 5.74) is 0.508. The molecule has 1 fully saturated rings. The van der Waals surface area contributed by atoms with E-state index in [1.165, 1.54) is 30.2 Å². The van der Waals surface area contributed by atoms with E-state index < -0.39 is 17.8 Å². The third-order valence-corrected chi connectivity index (χ3v) is 3.18. The zero-order chi connectivity index (χ0) is 14.7. The van der Waals surface area contributed by atoms with Crippen molar-refractivity contribution in [3.63, 3.8) is 0 Å². The Morgan fingerprint density at radius 3 is 3.00 bits per heavy atom. The van der Waals surface area contributed by atoms with Crippen LogP contribution in [0.4, 0.5) is 4.39 Å². The summed E-state index contributed by atoms with van der Waals surface area (Å²) in [6.45, 7) is 0.119. The van der Waals surface area contributed by atoms with Gasteiger partial charge in [-0.25, -0.2) is 4.39 Å². The summed E-state index contributed by atoms with van der Waals surface area (Å²) >= 11 is 0. The van der Waals surface area contributed by atoms with Crippen LogP contribution in [-0.4, -0.2) is 48.1 Å². The van der Waals surface area contributed by atoms with Gasteiger partial charge in [0.1, 0.15) is 17.6 Å². The Morgan fingerprint density at radius 2 is 2.35 bits per heavy atom. The van der Waals surface area contributed by atoms with Crippen molar-refractivity contribution in [1.29, 1.82) is 0 Å². The van der Waals surface area contributed by atoms with Gasteiger partial charge >= 0.3 is 5.97 Å². The molecule has 1 aliphatic heterocycles. The fourth-order valence-corrected chi connectivity index (χ4v) is 2.19. The smallest absolute Gasteiger partial charge is 0.322 e. The van der Waals surface area contributed by atoms with Crippen LogP contribution in [0.1, 0.15) is 5.56 Å². The lowest BCUT2D eigenvalue weighted by Crippen LogP contribution is -2.56. The third-order valence-electron chi connectivity index (χ3n) is 3.18. The van der Waals surface area contributed by atoms with Crippen LogP contribution in [-0.2, 0) is 16.1 Å². The van der Waals surface area contributed by atoms with Gasteiger partial charge in [0.2, 0.25) is 5.91 Å². The van der Waals surface area contributed by atoms with Crippen LogP contribution in [0.2, 0.25) is 0 Å². The fraction of sp³-hybridized carbons (Fsp3) is 0.385. The molecule has 1 atom stereocenters. The molecule has 0 bridgehead atoms. The largest absolute Gasteiger partial charge is 0.496 e. The Bertz CT molecular complexity index is 535. The van der Waals surface area contributed by atoms with Gasteiger partial charge < -0.3 is 15.2 Å². The zero-order valence-corrected chi connectivity index (χ0v) is 10.9. The second kappa shape index (κ2) is 5.87. The molecular weight excluding hydrogens is 267 g/mol. The van der Waals surface area contributed by atoms with Crippen LogP contribution in [0.3, 0.4) is 0 Å². The summed E-state index contributed by atoms with van der Waals surface area (Å²) in [4.78, 5) is 24.1. The number of carbonyl (C=O) groups excluding carboxylic acids is 1.